The Hall–Kier alpha value is -2.17. The molecule has 0 aliphatic heterocycles. The summed E-state index contributed by atoms with van der Waals surface area (Å²) < 4.78 is 0. The molecule has 470 valence electrons. The van der Waals surface area contributed by atoms with E-state index in [9.17, 15) is 5.53 Å². The molecule has 3 heteroatoms. The van der Waals surface area contributed by atoms with Crippen LogP contribution < -0.4 is 0 Å². The van der Waals surface area contributed by atoms with Crippen LogP contribution in [0.4, 0.5) is 0 Å². The van der Waals surface area contributed by atoms with E-state index in [0.717, 1.165) is 50.5 Å². The van der Waals surface area contributed by atoms with Gasteiger partial charge < -0.3 is 5.53 Å². The minimum absolute atomic E-state index is 0.901. The van der Waals surface area contributed by atoms with Gasteiger partial charge in [-0.2, -0.15) is 0 Å². The first-order chi connectivity index (χ1) is 40.1. The molecule has 2 nitrogen and oxygen atoms in total. The number of hydrogen-bond acceptors (Lipinski definition) is 0. The summed E-state index contributed by atoms with van der Waals surface area (Å²) >= 11 is 2.05. The zero-order valence-electron chi connectivity index (χ0n) is 55.4. The van der Waals surface area contributed by atoms with E-state index in [1.807, 2.05) is 14.4 Å². The number of benzene rings is 2. The van der Waals surface area contributed by atoms with Crippen LogP contribution in [-0.2, 0) is 27.3 Å². The molecule has 0 aromatic heterocycles. The quantitative estimate of drug-likeness (QED) is 0.0158. The van der Waals surface area contributed by atoms with Crippen LogP contribution in [0, 0.1) is 0 Å². The van der Waals surface area contributed by atoms with Crippen molar-refractivity contribution in [2.24, 2.45) is 0 Å². The number of hydrogen-bond donors (Lipinski definition) is 0. The average Bonchev–Trinajstić information content (AvgIpc) is 3.51. The molecular formula is C78H138N2Ni. The van der Waals surface area contributed by atoms with Crippen LogP contribution in [0.15, 0.2) is 59.7 Å². The third-order valence-electron chi connectivity index (χ3n) is 17.2. The summed E-state index contributed by atoms with van der Waals surface area (Å²) in [5.74, 6) is 3.04. The van der Waals surface area contributed by atoms with Crippen molar-refractivity contribution in [1.29, 1.82) is 0 Å². The van der Waals surface area contributed by atoms with E-state index in [-0.39, 0.29) is 0 Å². The van der Waals surface area contributed by atoms with Gasteiger partial charge in [0, 0.05) is 0 Å². The molecule has 0 saturated carbocycles. The normalized spacial score (nSPS) is 11.6. The van der Waals surface area contributed by atoms with Crippen LogP contribution >= 0.6 is 0 Å². The van der Waals surface area contributed by atoms with E-state index in [0.29, 0.717) is 0 Å². The van der Waals surface area contributed by atoms with Crippen LogP contribution in [0.3, 0.4) is 0 Å². The molecule has 0 unspecified atom stereocenters. The minimum atomic E-state index is 0.901. The molecule has 0 aliphatic rings. The number of allylic oxidation sites excluding steroid dienone is 2. The summed E-state index contributed by atoms with van der Waals surface area (Å²) in [6.07, 6.45) is 74.5. The van der Waals surface area contributed by atoms with E-state index in [4.69, 9.17) is 0 Å². The van der Waals surface area contributed by atoms with E-state index in [1.165, 1.54) is 346 Å². The fourth-order valence-electron chi connectivity index (χ4n) is 11.7. The first kappa shape index (κ1) is 76.8. The summed E-state index contributed by atoms with van der Waals surface area (Å²) in [7, 11) is 0. The van der Waals surface area contributed by atoms with Crippen LogP contribution in [0.5, 0.6) is 0 Å². The van der Waals surface area contributed by atoms with E-state index < -0.39 is 0 Å². The van der Waals surface area contributed by atoms with Crippen molar-refractivity contribution in [3.05, 3.63) is 87.5 Å². The summed E-state index contributed by atoms with van der Waals surface area (Å²) in [6.45, 7) is 13.7. The summed E-state index contributed by atoms with van der Waals surface area (Å²) in [4.78, 5) is 3.45. The molecule has 2 aromatic carbocycles. The molecule has 0 bridgehead atoms. The number of unbranched alkanes of at least 4 members (excludes halogenated alkanes) is 44. The number of nitrogens with zero attached hydrogens (tertiary/aromatic N) is 2. The van der Waals surface area contributed by atoms with Gasteiger partial charge in [-0.3, -0.25) is 0 Å². The van der Waals surface area contributed by atoms with Gasteiger partial charge in [0.15, 0.2) is 0 Å². The van der Waals surface area contributed by atoms with Gasteiger partial charge in [-0.1, -0.05) is 244 Å². The molecular weight excluding hydrogens is 1020 g/mol. The Morgan fingerprint density at radius 2 is 0.568 bits per heavy atom. The number of rotatable bonds is 59. The van der Waals surface area contributed by atoms with E-state index >= 15 is 0 Å². The molecule has 0 heterocycles. The first-order valence-corrected chi connectivity index (χ1v) is 37.8. The predicted octanol–water partition coefficient (Wildman–Crippen LogP) is 27.7. The third kappa shape index (κ3) is 47.7. The van der Waals surface area contributed by atoms with Crippen LogP contribution in [0.25, 0.3) is 11.1 Å². The van der Waals surface area contributed by atoms with Crippen molar-refractivity contribution in [2.45, 2.75) is 399 Å². The molecule has 0 amide bonds. The van der Waals surface area contributed by atoms with Crippen LogP contribution in [0.2, 0.25) is 10.8 Å². The molecule has 0 atom stereocenters. The molecule has 2 rings (SSSR count). The molecule has 0 radical (unpaired) electrons. The Bertz CT molecular complexity index is 1670. The van der Waals surface area contributed by atoms with Crippen molar-refractivity contribution in [1.82, 2.24) is 0 Å². The maximum absolute atomic E-state index is 9.65. The van der Waals surface area contributed by atoms with Gasteiger partial charge in [-0.05, 0) is 84.8 Å². The van der Waals surface area contributed by atoms with Gasteiger partial charge >= 0.3 is 172 Å². The van der Waals surface area contributed by atoms with Gasteiger partial charge in [0.25, 0.3) is 0 Å². The smallest absolute Gasteiger partial charge is 0.348 e. The predicted molar refractivity (Wildman–Crippen MR) is 362 cm³/mol. The fraction of sp³-hybridized carbons (Fsp3) is 0.795. The monoisotopic (exact) mass is 1160 g/mol. The second kappa shape index (κ2) is 62.4. The molecule has 2 aromatic rings. The van der Waals surface area contributed by atoms with Crippen molar-refractivity contribution >= 4 is 11.4 Å². The second-order valence-corrected chi connectivity index (χ2v) is 26.4. The average molecular weight is 1160 g/mol. The van der Waals surface area contributed by atoms with Gasteiger partial charge in [0.05, 0.1) is 5.57 Å². The fourth-order valence-corrected chi connectivity index (χ4v) is 13.0. The maximum atomic E-state index is 9.65. The van der Waals surface area contributed by atoms with Gasteiger partial charge in [-0.15, -0.1) is 4.79 Å². The Balaban J connectivity index is 0.000000813. The molecule has 0 fully saturated rings. The standard InChI is InChI=1S/C40H60N2.2C19H39.Ni/c1-5-9-13-16-17-19-22-35-27-31-37(32-28-35)40(36-29-25-34(26-30-36)21-18-14-10-6-2)39(24-12-8-4)38(33-42-41)23-20-15-11-7-3;2*1-3-5-7-9-11-13-15-17-19-18-16-14-12-10-8-6-4-2;/h25-32H,5-24H2,1-4H3;2*1,3-19H2,2H3;. The van der Waals surface area contributed by atoms with Gasteiger partial charge in [0.1, 0.15) is 0 Å². The molecule has 0 N–H and O–H groups in total. The Kier molecular flexibility index (Phi) is 59.2. The van der Waals surface area contributed by atoms with Crippen molar-refractivity contribution in [2.75, 3.05) is 0 Å². The van der Waals surface area contributed by atoms with E-state index in [1.54, 1.807) is 0 Å². The first-order valence-electron chi connectivity index (χ1n) is 36.4. The Morgan fingerprint density at radius 3 is 0.864 bits per heavy atom. The van der Waals surface area contributed by atoms with Gasteiger partial charge in [0.2, 0.25) is 0 Å². The molecule has 81 heavy (non-hydrogen) atoms. The zero-order valence-corrected chi connectivity index (χ0v) is 56.4. The molecule has 0 aliphatic carbocycles. The van der Waals surface area contributed by atoms with E-state index in [2.05, 4.69) is 101 Å². The van der Waals surface area contributed by atoms with Crippen molar-refractivity contribution in [3.63, 3.8) is 0 Å². The van der Waals surface area contributed by atoms with Crippen LogP contribution in [-0.4, -0.2) is 10.7 Å². The van der Waals surface area contributed by atoms with Crippen molar-refractivity contribution < 1.29 is 19.2 Å². The summed E-state index contributed by atoms with van der Waals surface area (Å²) in [5, 5.41) is 2.87. The summed E-state index contributed by atoms with van der Waals surface area (Å²) in [6, 6.07) is 18.6. The number of aryl methyl sites for hydroxylation is 2. The molecule has 0 spiro atoms. The Morgan fingerprint density at radius 1 is 0.309 bits per heavy atom. The Labute approximate surface area is 514 Å². The topological polar surface area (TPSA) is 36.4 Å². The zero-order chi connectivity index (χ0) is 58.4. The summed E-state index contributed by atoms with van der Waals surface area (Å²) in [5.41, 5.74) is 18.7. The van der Waals surface area contributed by atoms with Crippen LogP contribution in [0.1, 0.15) is 398 Å². The minimum Gasteiger partial charge on any atom is -0.348 e. The van der Waals surface area contributed by atoms with Crippen molar-refractivity contribution in [3.8, 4) is 0 Å². The molecule has 0 saturated heterocycles. The third-order valence-corrected chi connectivity index (χ3v) is 18.6. The van der Waals surface area contributed by atoms with Gasteiger partial charge in [-0.25, -0.2) is 0 Å². The second-order valence-electron chi connectivity index (χ2n) is 25.0. The SMILES string of the molecule is CCCCCCCCCCCCCCCCCC[CH2][Ni][CH2]CCCCCCCCCCCCCCCCCC.CCCCCCCCc1ccc(C(=C(CCCC)C(=C=[N+]=[N-])CCCCCC)c2ccc(CCCCCC)cc2)cc1.